The maximum absolute atomic E-state index is 10.4. The van der Waals surface area contributed by atoms with Crippen LogP contribution < -0.4 is 5.32 Å². The monoisotopic (exact) mass is 254 g/mol. The van der Waals surface area contributed by atoms with E-state index in [2.05, 4.69) is 15.3 Å². The lowest BCUT2D eigenvalue weighted by atomic mass is 9.94. The first-order chi connectivity index (χ1) is 8.30. The molecule has 0 radical (unpaired) electrons. The maximum atomic E-state index is 10.4. The highest BCUT2D eigenvalue weighted by Gasteiger charge is 2.22. The number of rotatable bonds is 6. The number of hydrogen-bond donors (Lipinski definition) is 2. The van der Waals surface area contributed by atoms with Crippen LogP contribution in [0.4, 0.5) is 11.6 Å². The molecular formula is C11H18N4O3. The van der Waals surface area contributed by atoms with Gasteiger partial charge in [0, 0.05) is 6.54 Å². The van der Waals surface area contributed by atoms with Crippen molar-refractivity contribution >= 4 is 11.6 Å². The van der Waals surface area contributed by atoms with Crippen LogP contribution in [0.3, 0.4) is 0 Å². The average molecular weight is 254 g/mol. The molecule has 0 aliphatic rings. The first-order valence-corrected chi connectivity index (χ1v) is 5.73. The van der Waals surface area contributed by atoms with Crippen molar-refractivity contribution < 1.29 is 10.0 Å². The fourth-order valence-corrected chi connectivity index (χ4v) is 1.73. The van der Waals surface area contributed by atoms with Gasteiger partial charge < -0.3 is 10.4 Å². The van der Waals surface area contributed by atoms with Crippen molar-refractivity contribution in [2.45, 2.75) is 32.8 Å². The SMILES string of the molecule is CC(C)CC(C)(O)CNc1ncc([N+](=O)[O-])cn1. The molecule has 0 amide bonds. The molecule has 0 aromatic carbocycles. The van der Waals surface area contributed by atoms with Gasteiger partial charge >= 0.3 is 5.69 Å². The topological polar surface area (TPSA) is 101 Å². The molecular weight excluding hydrogens is 236 g/mol. The zero-order valence-corrected chi connectivity index (χ0v) is 10.8. The number of nitro groups is 1. The Kier molecular flexibility index (Phi) is 4.55. The quantitative estimate of drug-likeness (QED) is 0.590. The predicted octanol–water partition coefficient (Wildman–Crippen LogP) is 1.59. The zero-order chi connectivity index (χ0) is 13.8. The Balaban J connectivity index is 2.55. The lowest BCUT2D eigenvalue weighted by molar-refractivity contribution is -0.385. The van der Waals surface area contributed by atoms with E-state index in [1.807, 2.05) is 13.8 Å². The molecule has 18 heavy (non-hydrogen) atoms. The third-order valence-electron chi connectivity index (χ3n) is 2.32. The second-order valence-electron chi connectivity index (χ2n) is 4.97. The Morgan fingerprint density at radius 2 is 2.06 bits per heavy atom. The third-order valence-corrected chi connectivity index (χ3v) is 2.32. The van der Waals surface area contributed by atoms with E-state index in [4.69, 9.17) is 0 Å². The van der Waals surface area contributed by atoms with E-state index in [0.29, 0.717) is 18.9 Å². The van der Waals surface area contributed by atoms with Gasteiger partial charge in [0.15, 0.2) is 0 Å². The summed E-state index contributed by atoms with van der Waals surface area (Å²) in [7, 11) is 0. The fraction of sp³-hybridized carbons (Fsp3) is 0.636. The van der Waals surface area contributed by atoms with Crippen molar-refractivity contribution in [2.24, 2.45) is 5.92 Å². The summed E-state index contributed by atoms with van der Waals surface area (Å²) >= 11 is 0. The molecule has 0 fully saturated rings. The van der Waals surface area contributed by atoms with Gasteiger partial charge in [-0.15, -0.1) is 0 Å². The van der Waals surface area contributed by atoms with Gasteiger partial charge in [-0.25, -0.2) is 9.97 Å². The van der Waals surface area contributed by atoms with Crippen molar-refractivity contribution in [1.29, 1.82) is 0 Å². The van der Waals surface area contributed by atoms with Crippen molar-refractivity contribution in [3.8, 4) is 0 Å². The molecule has 1 atom stereocenters. The Morgan fingerprint density at radius 1 is 1.50 bits per heavy atom. The van der Waals surface area contributed by atoms with Gasteiger partial charge in [-0.1, -0.05) is 13.8 Å². The summed E-state index contributed by atoms with van der Waals surface area (Å²) in [4.78, 5) is 17.5. The largest absolute Gasteiger partial charge is 0.388 e. The van der Waals surface area contributed by atoms with Gasteiger partial charge in [0.2, 0.25) is 5.95 Å². The lowest BCUT2D eigenvalue weighted by Crippen LogP contribution is -2.35. The van der Waals surface area contributed by atoms with E-state index >= 15 is 0 Å². The van der Waals surface area contributed by atoms with Crippen LogP contribution in [0, 0.1) is 16.0 Å². The molecule has 0 saturated carbocycles. The van der Waals surface area contributed by atoms with E-state index in [9.17, 15) is 15.2 Å². The summed E-state index contributed by atoms with van der Waals surface area (Å²) < 4.78 is 0. The summed E-state index contributed by atoms with van der Waals surface area (Å²) in [5.41, 5.74) is -1.02. The highest BCUT2D eigenvalue weighted by molar-refractivity contribution is 5.30. The van der Waals surface area contributed by atoms with Crippen LogP contribution in [0.5, 0.6) is 0 Å². The number of nitrogens with one attached hydrogen (secondary N) is 1. The van der Waals surface area contributed by atoms with Gasteiger partial charge in [0.1, 0.15) is 12.4 Å². The van der Waals surface area contributed by atoms with Crippen molar-refractivity contribution in [2.75, 3.05) is 11.9 Å². The molecule has 7 nitrogen and oxygen atoms in total. The molecule has 1 aromatic rings. The predicted molar refractivity (Wildman–Crippen MR) is 67.3 cm³/mol. The van der Waals surface area contributed by atoms with Gasteiger partial charge in [0.05, 0.1) is 10.5 Å². The Bertz CT molecular complexity index is 403. The molecule has 0 aliphatic heterocycles. The van der Waals surface area contributed by atoms with E-state index in [0.717, 1.165) is 12.4 Å². The standard InChI is InChI=1S/C11H18N4O3/c1-8(2)4-11(3,16)7-14-10-12-5-9(6-13-10)15(17)18/h5-6,8,16H,4,7H2,1-3H3,(H,12,13,14). The summed E-state index contributed by atoms with van der Waals surface area (Å²) in [5.74, 6) is 0.643. The van der Waals surface area contributed by atoms with Gasteiger partial charge in [0.25, 0.3) is 0 Å². The number of aliphatic hydroxyl groups is 1. The summed E-state index contributed by atoms with van der Waals surface area (Å²) in [6.07, 6.45) is 2.91. The van der Waals surface area contributed by atoms with Crippen molar-refractivity contribution in [1.82, 2.24) is 9.97 Å². The second-order valence-corrected chi connectivity index (χ2v) is 4.97. The van der Waals surface area contributed by atoms with Gasteiger partial charge in [-0.05, 0) is 19.3 Å². The number of anilines is 1. The molecule has 100 valence electrons. The Labute approximate surface area is 105 Å². The number of nitrogens with zero attached hydrogens (tertiary/aromatic N) is 3. The highest BCUT2D eigenvalue weighted by atomic mass is 16.6. The van der Waals surface area contributed by atoms with Crippen molar-refractivity contribution in [3.63, 3.8) is 0 Å². The zero-order valence-electron chi connectivity index (χ0n) is 10.8. The van der Waals surface area contributed by atoms with E-state index in [1.54, 1.807) is 6.92 Å². The molecule has 2 N–H and O–H groups in total. The molecule has 1 rings (SSSR count). The minimum Gasteiger partial charge on any atom is -0.388 e. The van der Waals surface area contributed by atoms with E-state index in [1.165, 1.54) is 0 Å². The van der Waals surface area contributed by atoms with Crippen LogP contribution in [0.2, 0.25) is 0 Å². The average Bonchev–Trinajstić information content (AvgIpc) is 2.25. The fourth-order valence-electron chi connectivity index (χ4n) is 1.73. The van der Waals surface area contributed by atoms with Crippen LogP contribution >= 0.6 is 0 Å². The maximum Gasteiger partial charge on any atom is 0.305 e. The number of hydrogen-bond acceptors (Lipinski definition) is 6. The molecule has 7 heteroatoms. The van der Waals surface area contributed by atoms with Crippen LogP contribution in [-0.4, -0.2) is 32.1 Å². The van der Waals surface area contributed by atoms with Crippen molar-refractivity contribution in [3.05, 3.63) is 22.5 Å². The van der Waals surface area contributed by atoms with E-state index in [-0.39, 0.29) is 11.6 Å². The van der Waals surface area contributed by atoms with Crippen LogP contribution in [0.25, 0.3) is 0 Å². The Morgan fingerprint density at radius 3 is 2.50 bits per heavy atom. The van der Waals surface area contributed by atoms with Gasteiger partial charge in [-0.2, -0.15) is 0 Å². The molecule has 0 aliphatic carbocycles. The van der Waals surface area contributed by atoms with E-state index < -0.39 is 10.5 Å². The molecule has 0 spiro atoms. The summed E-state index contributed by atoms with van der Waals surface area (Å²) in [6.45, 7) is 6.07. The first kappa shape index (κ1) is 14.3. The molecule has 1 heterocycles. The lowest BCUT2D eigenvalue weighted by Gasteiger charge is -2.25. The van der Waals surface area contributed by atoms with Crippen LogP contribution in [0.15, 0.2) is 12.4 Å². The Hall–Kier alpha value is -1.76. The summed E-state index contributed by atoms with van der Waals surface area (Å²) in [5, 5.41) is 23.3. The molecule has 1 aromatic heterocycles. The molecule has 1 unspecified atom stereocenters. The van der Waals surface area contributed by atoms with Crippen LogP contribution in [0.1, 0.15) is 27.2 Å². The highest BCUT2D eigenvalue weighted by Crippen LogP contribution is 2.16. The first-order valence-electron chi connectivity index (χ1n) is 5.73. The van der Waals surface area contributed by atoms with Gasteiger partial charge in [-0.3, -0.25) is 10.1 Å². The minimum absolute atomic E-state index is 0.158. The molecule has 0 saturated heterocycles. The van der Waals surface area contributed by atoms with Crippen LogP contribution in [-0.2, 0) is 0 Å². The second kappa shape index (κ2) is 5.72. The molecule has 0 bridgehead atoms. The summed E-state index contributed by atoms with van der Waals surface area (Å²) in [6, 6.07) is 0. The number of aromatic nitrogens is 2. The third kappa shape index (κ3) is 4.62. The minimum atomic E-state index is -0.862. The normalized spacial score (nSPS) is 14.3. The smallest absolute Gasteiger partial charge is 0.305 e.